The standard InChI is InChI=1S/C15H23N3O/c1-11-9-14(10-18(11)4)16-13-7-5-12(6-8-13)15(19)17(2)3/h5-8,11,14,16H,9-10H2,1-4H3. The van der Waals surface area contributed by atoms with E-state index in [1.807, 2.05) is 24.3 Å². The molecule has 19 heavy (non-hydrogen) atoms. The van der Waals surface area contributed by atoms with E-state index in [9.17, 15) is 4.79 Å². The SMILES string of the molecule is CC1CC(Nc2ccc(C(=O)N(C)C)cc2)CN1C. The number of nitrogens with zero attached hydrogens (tertiary/aromatic N) is 2. The molecule has 0 bridgehead atoms. The van der Waals surface area contributed by atoms with E-state index in [1.54, 1.807) is 19.0 Å². The third-order valence-corrected chi connectivity index (χ3v) is 3.80. The van der Waals surface area contributed by atoms with E-state index in [-0.39, 0.29) is 5.91 Å². The molecule has 1 saturated heterocycles. The van der Waals surface area contributed by atoms with Gasteiger partial charge in [-0.25, -0.2) is 0 Å². The van der Waals surface area contributed by atoms with Crippen molar-refractivity contribution >= 4 is 11.6 Å². The molecule has 1 heterocycles. The number of nitrogens with one attached hydrogen (secondary N) is 1. The zero-order chi connectivity index (χ0) is 14.0. The Hall–Kier alpha value is -1.55. The Balaban J connectivity index is 1.98. The summed E-state index contributed by atoms with van der Waals surface area (Å²) in [6.07, 6.45) is 1.16. The Morgan fingerprint density at radius 3 is 2.42 bits per heavy atom. The zero-order valence-corrected chi connectivity index (χ0v) is 12.2. The number of carbonyl (C=O) groups is 1. The lowest BCUT2D eigenvalue weighted by molar-refractivity contribution is 0.0827. The van der Waals surface area contributed by atoms with Crippen LogP contribution in [0, 0.1) is 0 Å². The fourth-order valence-corrected chi connectivity index (χ4v) is 2.50. The zero-order valence-electron chi connectivity index (χ0n) is 12.2. The molecular weight excluding hydrogens is 238 g/mol. The molecule has 0 spiro atoms. The van der Waals surface area contributed by atoms with Gasteiger partial charge in [-0.05, 0) is 44.7 Å². The number of amides is 1. The summed E-state index contributed by atoms with van der Waals surface area (Å²) in [5.41, 5.74) is 1.82. The molecule has 1 aliphatic heterocycles. The second-order valence-electron chi connectivity index (χ2n) is 5.64. The molecular formula is C15H23N3O. The van der Waals surface area contributed by atoms with Crippen molar-refractivity contribution in [1.82, 2.24) is 9.80 Å². The van der Waals surface area contributed by atoms with Gasteiger partial charge in [-0.3, -0.25) is 4.79 Å². The van der Waals surface area contributed by atoms with Gasteiger partial charge in [0.25, 0.3) is 5.91 Å². The number of likely N-dealkylation sites (tertiary alicyclic amines) is 1. The van der Waals surface area contributed by atoms with Crippen LogP contribution in [0.5, 0.6) is 0 Å². The Bertz CT molecular complexity index is 431. The lowest BCUT2D eigenvalue weighted by Gasteiger charge is -2.15. The molecule has 0 saturated carbocycles. The van der Waals surface area contributed by atoms with Gasteiger partial charge < -0.3 is 15.1 Å². The van der Waals surface area contributed by atoms with Crippen molar-refractivity contribution < 1.29 is 4.79 Å². The smallest absolute Gasteiger partial charge is 0.253 e. The molecule has 1 amide bonds. The van der Waals surface area contributed by atoms with Crippen molar-refractivity contribution in [1.29, 1.82) is 0 Å². The molecule has 2 rings (SSSR count). The van der Waals surface area contributed by atoms with Gasteiger partial charge in [-0.15, -0.1) is 0 Å². The minimum absolute atomic E-state index is 0.0424. The van der Waals surface area contributed by atoms with Gasteiger partial charge in [-0.2, -0.15) is 0 Å². The van der Waals surface area contributed by atoms with Crippen LogP contribution in [0.25, 0.3) is 0 Å². The molecule has 2 unspecified atom stereocenters. The summed E-state index contributed by atoms with van der Waals surface area (Å²) in [7, 11) is 5.69. The molecule has 1 aliphatic rings. The molecule has 2 atom stereocenters. The molecule has 4 heteroatoms. The highest BCUT2D eigenvalue weighted by Gasteiger charge is 2.25. The van der Waals surface area contributed by atoms with Crippen LogP contribution in [0.15, 0.2) is 24.3 Å². The molecule has 1 aromatic rings. The monoisotopic (exact) mass is 261 g/mol. The predicted octanol–water partition coefficient (Wildman–Crippen LogP) is 1.89. The van der Waals surface area contributed by atoms with Crippen molar-refractivity contribution in [3.05, 3.63) is 29.8 Å². The van der Waals surface area contributed by atoms with Crippen LogP contribution in [0.2, 0.25) is 0 Å². The predicted molar refractivity (Wildman–Crippen MR) is 78.6 cm³/mol. The van der Waals surface area contributed by atoms with Crippen LogP contribution in [0.1, 0.15) is 23.7 Å². The summed E-state index contributed by atoms with van der Waals surface area (Å²) in [5, 5.41) is 3.53. The summed E-state index contributed by atoms with van der Waals surface area (Å²) < 4.78 is 0. The van der Waals surface area contributed by atoms with E-state index < -0.39 is 0 Å². The van der Waals surface area contributed by atoms with E-state index in [1.165, 1.54) is 0 Å². The van der Waals surface area contributed by atoms with Crippen molar-refractivity contribution in [2.45, 2.75) is 25.4 Å². The van der Waals surface area contributed by atoms with Crippen LogP contribution in [0.4, 0.5) is 5.69 Å². The minimum atomic E-state index is 0.0424. The second kappa shape index (κ2) is 5.61. The molecule has 1 N–H and O–H groups in total. The van der Waals surface area contributed by atoms with Gasteiger partial charge in [0.15, 0.2) is 0 Å². The lowest BCUT2D eigenvalue weighted by atomic mass is 10.1. The van der Waals surface area contributed by atoms with Crippen LogP contribution in [0.3, 0.4) is 0 Å². The first-order valence-electron chi connectivity index (χ1n) is 6.76. The first-order chi connectivity index (χ1) is 8.97. The Labute approximate surface area is 115 Å². The van der Waals surface area contributed by atoms with Crippen molar-refractivity contribution in [2.75, 3.05) is 33.0 Å². The van der Waals surface area contributed by atoms with E-state index in [0.29, 0.717) is 12.1 Å². The number of rotatable bonds is 3. The lowest BCUT2D eigenvalue weighted by Crippen LogP contribution is -2.25. The number of benzene rings is 1. The van der Waals surface area contributed by atoms with Crippen LogP contribution in [-0.2, 0) is 0 Å². The molecule has 1 fully saturated rings. The maximum atomic E-state index is 11.8. The second-order valence-corrected chi connectivity index (χ2v) is 5.64. The van der Waals surface area contributed by atoms with Gasteiger partial charge in [0.1, 0.15) is 0 Å². The van der Waals surface area contributed by atoms with Gasteiger partial charge in [-0.1, -0.05) is 0 Å². The fourth-order valence-electron chi connectivity index (χ4n) is 2.50. The minimum Gasteiger partial charge on any atom is -0.381 e. The fraction of sp³-hybridized carbons (Fsp3) is 0.533. The average Bonchev–Trinajstić information content (AvgIpc) is 2.68. The summed E-state index contributed by atoms with van der Waals surface area (Å²) in [6.45, 7) is 3.32. The van der Waals surface area contributed by atoms with Crippen LogP contribution < -0.4 is 5.32 Å². The third-order valence-electron chi connectivity index (χ3n) is 3.80. The van der Waals surface area contributed by atoms with Gasteiger partial charge in [0, 0.05) is 44.0 Å². The third kappa shape index (κ3) is 3.26. The quantitative estimate of drug-likeness (QED) is 0.902. The highest BCUT2D eigenvalue weighted by Crippen LogP contribution is 2.20. The van der Waals surface area contributed by atoms with Crippen LogP contribution in [-0.4, -0.2) is 55.5 Å². The van der Waals surface area contributed by atoms with E-state index in [0.717, 1.165) is 24.2 Å². The number of likely N-dealkylation sites (N-methyl/N-ethyl adjacent to an activating group) is 1. The summed E-state index contributed by atoms with van der Waals surface area (Å²) in [4.78, 5) is 15.7. The Morgan fingerprint density at radius 2 is 1.95 bits per heavy atom. The van der Waals surface area contributed by atoms with Gasteiger partial charge >= 0.3 is 0 Å². The van der Waals surface area contributed by atoms with Gasteiger partial charge in [0.05, 0.1) is 0 Å². The molecule has 0 aromatic heterocycles. The molecule has 4 nitrogen and oxygen atoms in total. The number of anilines is 1. The molecule has 0 aliphatic carbocycles. The maximum absolute atomic E-state index is 11.8. The topological polar surface area (TPSA) is 35.6 Å². The molecule has 1 aromatic carbocycles. The average molecular weight is 261 g/mol. The summed E-state index contributed by atoms with van der Waals surface area (Å²) in [6, 6.07) is 8.86. The van der Waals surface area contributed by atoms with Gasteiger partial charge in [0.2, 0.25) is 0 Å². The summed E-state index contributed by atoms with van der Waals surface area (Å²) >= 11 is 0. The largest absolute Gasteiger partial charge is 0.381 e. The maximum Gasteiger partial charge on any atom is 0.253 e. The van der Waals surface area contributed by atoms with E-state index >= 15 is 0 Å². The number of hydrogen-bond donors (Lipinski definition) is 1. The van der Waals surface area contributed by atoms with Crippen LogP contribution >= 0.6 is 0 Å². The number of hydrogen-bond acceptors (Lipinski definition) is 3. The Kier molecular flexibility index (Phi) is 4.10. The number of carbonyl (C=O) groups excluding carboxylic acids is 1. The highest BCUT2D eigenvalue weighted by molar-refractivity contribution is 5.94. The highest BCUT2D eigenvalue weighted by atomic mass is 16.2. The molecule has 0 radical (unpaired) electrons. The van der Waals surface area contributed by atoms with Crippen molar-refractivity contribution in [2.24, 2.45) is 0 Å². The summed E-state index contributed by atoms with van der Waals surface area (Å²) in [5.74, 6) is 0.0424. The first kappa shape index (κ1) is 13.9. The van der Waals surface area contributed by atoms with E-state index in [2.05, 4.69) is 24.2 Å². The Morgan fingerprint density at radius 1 is 1.32 bits per heavy atom. The normalized spacial score (nSPS) is 23.4. The van der Waals surface area contributed by atoms with Crippen molar-refractivity contribution in [3.8, 4) is 0 Å². The molecule has 104 valence electrons. The first-order valence-corrected chi connectivity index (χ1v) is 6.76. The van der Waals surface area contributed by atoms with E-state index in [4.69, 9.17) is 0 Å². The van der Waals surface area contributed by atoms with Crippen molar-refractivity contribution in [3.63, 3.8) is 0 Å².